The largest absolute Gasteiger partial charge is 0.381 e. The number of alkyl halides is 1. The Hall–Kier alpha value is 0.440. The topological polar surface area (TPSA) is 9.23 Å². The van der Waals surface area contributed by atoms with Gasteiger partial charge < -0.3 is 4.74 Å². The van der Waals surface area contributed by atoms with Crippen molar-refractivity contribution in [1.82, 2.24) is 0 Å². The molecular formula is C7H13BrO. The minimum Gasteiger partial charge on any atom is -0.381 e. The van der Waals surface area contributed by atoms with Crippen molar-refractivity contribution in [2.75, 3.05) is 13.2 Å². The van der Waals surface area contributed by atoms with Crippen LogP contribution in [0, 0.1) is 5.92 Å². The highest BCUT2D eigenvalue weighted by Gasteiger charge is 2.29. The third kappa shape index (κ3) is 1.94. The van der Waals surface area contributed by atoms with Crippen LogP contribution in [0.4, 0.5) is 0 Å². The minimum atomic E-state index is 0.267. The highest BCUT2D eigenvalue weighted by molar-refractivity contribution is 9.10. The fraction of sp³-hybridized carbons (Fsp3) is 1.00. The first-order valence-corrected chi connectivity index (χ1v) is 4.16. The van der Waals surface area contributed by atoms with Crippen LogP contribution in [0.2, 0.25) is 0 Å². The van der Waals surface area contributed by atoms with E-state index in [0.29, 0.717) is 5.92 Å². The van der Waals surface area contributed by atoms with Crippen molar-refractivity contribution >= 4 is 15.9 Å². The zero-order chi connectivity index (χ0) is 6.91. The molecule has 1 aliphatic rings. The quantitative estimate of drug-likeness (QED) is 0.580. The molecule has 0 amide bonds. The molecule has 0 bridgehead atoms. The molecule has 9 heavy (non-hydrogen) atoms. The Labute approximate surface area is 64.9 Å². The summed E-state index contributed by atoms with van der Waals surface area (Å²) in [5, 5.41) is 0. The smallest absolute Gasteiger partial charge is 0.0508 e. The summed E-state index contributed by atoms with van der Waals surface area (Å²) < 4.78 is 5.52. The van der Waals surface area contributed by atoms with Crippen molar-refractivity contribution in [3.63, 3.8) is 0 Å². The molecule has 1 nitrogen and oxygen atoms in total. The Kier molecular flexibility index (Phi) is 2.17. The molecule has 0 aliphatic carbocycles. The van der Waals surface area contributed by atoms with E-state index in [1.165, 1.54) is 6.42 Å². The van der Waals surface area contributed by atoms with Crippen LogP contribution in [0.3, 0.4) is 0 Å². The van der Waals surface area contributed by atoms with E-state index in [0.717, 1.165) is 13.2 Å². The number of halogens is 1. The Morgan fingerprint density at radius 2 is 2.22 bits per heavy atom. The molecule has 0 unspecified atom stereocenters. The maximum atomic E-state index is 5.25. The zero-order valence-electron chi connectivity index (χ0n) is 5.98. The number of ether oxygens (including phenoxy) is 1. The standard InChI is InChI=1S/C7H13BrO/c1-7(2,8)6-3-4-9-5-6/h6H,3-5H2,1-2H3/t6-/m1/s1. The first kappa shape index (κ1) is 7.55. The van der Waals surface area contributed by atoms with Crippen molar-refractivity contribution in [2.45, 2.75) is 24.6 Å². The third-order valence-corrected chi connectivity index (χ3v) is 2.55. The van der Waals surface area contributed by atoms with Crippen LogP contribution < -0.4 is 0 Å². The zero-order valence-corrected chi connectivity index (χ0v) is 7.57. The van der Waals surface area contributed by atoms with E-state index in [2.05, 4.69) is 29.8 Å². The van der Waals surface area contributed by atoms with Gasteiger partial charge in [0.25, 0.3) is 0 Å². The number of hydrogen-bond acceptors (Lipinski definition) is 1. The van der Waals surface area contributed by atoms with Crippen LogP contribution in [-0.4, -0.2) is 17.5 Å². The van der Waals surface area contributed by atoms with Crippen molar-refractivity contribution in [3.8, 4) is 0 Å². The normalized spacial score (nSPS) is 29.0. The lowest BCUT2D eigenvalue weighted by atomic mass is 9.95. The summed E-state index contributed by atoms with van der Waals surface area (Å²) in [6.45, 7) is 6.27. The van der Waals surface area contributed by atoms with Crippen molar-refractivity contribution in [3.05, 3.63) is 0 Å². The molecule has 0 aromatic rings. The lowest BCUT2D eigenvalue weighted by Gasteiger charge is -2.22. The molecule has 1 atom stereocenters. The molecule has 1 aliphatic heterocycles. The molecule has 1 fully saturated rings. The third-order valence-electron chi connectivity index (χ3n) is 1.90. The molecule has 0 aromatic heterocycles. The summed E-state index contributed by atoms with van der Waals surface area (Å²) in [5.41, 5.74) is 0. The monoisotopic (exact) mass is 192 g/mol. The minimum absolute atomic E-state index is 0.267. The molecule has 0 saturated carbocycles. The summed E-state index contributed by atoms with van der Waals surface area (Å²) in [6.07, 6.45) is 1.21. The summed E-state index contributed by atoms with van der Waals surface area (Å²) in [4.78, 5) is 0. The second-order valence-corrected chi connectivity index (χ2v) is 5.17. The van der Waals surface area contributed by atoms with E-state index in [4.69, 9.17) is 4.74 Å². The van der Waals surface area contributed by atoms with E-state index >= 15 is 0 Å². The van der Waals surface area contributed by atoms with Gasteiger partial charge in [0.2, 0.25) is 0 Å². The van der Waals surface area contributed by atoms with E-state index < -0.39 is 0 Å². The fourth-order valence-electron chi connectivity index (χ4n) is 1.08. The Balaban J connectivity index is 2.42. The maximum absolute atomic E-state index is 5.25. The van der Waals surface area contributed by atoms with Crippen molar-refractivity contribution in [1.29, 1.82) is 0 Å². The van der Waals surface area contributed by atoms with E-state index in [9.17, 15) is 0 Å². The molecule has 0 spiro atoms. The van der Waals surface area contributed by atoms with Gasteiger partial charge in [-0.3, -0.25) is 0 Å². The molecule has 2 heteroatoms. The molecule has 1 saturated heterocycles. The predicted molar refractivity (Wildman–Crippen MR) is 41.9 cm³/mol. The van der Waals surface area contributed by atoms with Crippen molar-refractivity contribution < 1.29 is 4.74 Å². The van der Waals surface area contributed by atoms with Crippen LogP contribution in [0.15, 0.2) is 0 Å². The van der Waals surface area contributed by atoms with E-state index in [-0.39, 0.29) is 4.32 Å². The molecule has 54 valence electrons. The first-order chi connectivity index (χ1) is 4.11. The lowest BCUT2D eigenvalue weighted by molar-refractivity contribution is 0.181. The van der Waals surface area contributed by atoms with Crippen LogP contribution >= 0.6 is 15.9 Å². The van der Waals surface area contributed by atoms with Gasteiger partial charge in [0, 0.05) is 10.9 Å². The van der Waals surface area contributed by atoms with Crippen LogP contribution in [-0.2, 0) is 4.74 Å². The van der Waals surface area contributed by atoms with E-state index in [1.54, 1.807) is 0 Å². The molecule has 0 radical (unpaired) electrons. The molecule has 1 heterocycles. The molecule has 0 N–H and O–H groups in total. The van der Waals surface area contributed by atoms with Gasteiger partial charge in [-0.15, -0.1) is 0 Å². The lowest BCUT2D eigenvalue weighted by Crippen LogP contribution is -2.23. The Morgan fingerprint density at radius 1 is 1.56 bits per heavy atom. The summed E-state index contributed by atoms with van der Waals surface area (Å²) in [7, 11) is 0. The van der Waals surface area contributed by atoms with Gasteiger partial charge in [-0.1, -0.05) is 15.9 Å². The number of hydrogen-bond donors (Lipinski definition) is 0. The van der Waals surface area contributed by atoms with Gasteiger partial charge in [0.1, 0.15) is 0 Å². The van der Waals surface area contributed by atoms with Crippen molar-refractivity contribution in [2.24, 2.45) is 5.92 Å². The van der Waals surface area contributed by atoms with Gasteiger partial charge in [-0.05, 0) is 26.2 Å². The summed E-state index contributed by atoms with van der Waals surface area (Å²) >= 11 is 3.63. The summed E-state index contributed by atoms with van der Waals surface area (Å²) in [5.74, 6) is 0.706. The van der Waals surface area contributed by atoms with E-state index in [1.807, 2.05) is 0 Å². The first-order valence-electron chi connectivity index (χ1n) is 3.37. The molecule has 1 rings (SSSR count). The van der Waals surface area contributed by atoms with Gasteiger partial charge >= 0.3 is 0 Å². The van der Waals surface area contributed by atoms with Gasteiger partial charge in [0.15, 0.2) is 0 Å². The second kappa shape index (κ2) is 2.59. The Bertz CT molecular complexity index is 89.6. The Morgan fingerprint density at radius 3 is 2.44 bits per heavy atom. The highest BCUT2D eigenvalue weighted by Crippen LogP contribution is 2.32. The van der Waals surface area contributed by atoms with Gasteiger partial charge in [0.05, 0.1) is 6.61 Å². The second-order valence-electron chi connectivity index (χ2n) is 3.12. The SMILES string of the molecule is CC(C)(Br)[C@@H]1CCOC1. The maximum Gasteiger partial charge on any atom is 0.0508 e. The average Bonchev–Trinajstić information content (AvgIpc) is 2.08. The average molecular weight is 193 g/mol. The van der Waals surface area contributed by atoms with Crippen LogP contribution in [0.1, 0.15) is 20.3 Å². The van der Waals surface area contributed by atoms with Gasteiger partial charge in [-0.25, -0.2) is 0 Å². The summed E-state index contributed by atoms with van der Waals surface area (Å²) in [6, 6.07) is 0. The number of rotatable bonds is 1. The van der Waals surface area contributed by atoms with Crippen LogP contribution in [0.25, 0.3) is 0 Å². The van der Waals surface area contributed by atoms with Crippen LogP contribution in [0.5, 0.6) is 0 Å². The highest BCUT2D eigenvalue weighted by atomic mass is 79.9. The molecular weight excluding hydrogens is 180 g/mol. The fourth-order valence-corrected chi connectivity index (χ4v) is 1.44. The predicted octanol–water partition coefficient (Wildman–Crippen LogP) is 2.20. The van der Waals surface area contributed by atoms with Gasteiger partial charge in [-0.2, -0.15) is 0 Å². The molecule has 0 aromatic carbocycles.